The number of anilines is 1. The maximum atomic E-state index is 13.1. The maximum absolute atomic E-state index is 13.1. The lowest BCUT2D eigenvalue weighted by Gasteiger charge is -2.15. The molecule has 8 heteroatoms. The molecular weight excluding hydrogens is 407 g/mol. The monoisotopic (exact) mass is 423 g/mol. The minimum absolute atomic E-state index is 0.0811. The van der Waals surface area contributed by atoms with Crippen molar-refractivity contribution in [2.45, 2.75) is 18.8 Å². The highest BCUT2D eigenvalue weighted by molar-refractivity contribution is 6.08. The fraction of sp³-hybridized carbons (Fsp3) is 0.130. The number of rotatable bonds is 4. The number of nitrogens with one attached hydrogen (secondary N) is 1. The van der Waals surface area contributed by atoms with Crippen LogP contribution in [0.2, 0.25) is 0 Å². The number of halogens is 3. The molecule has 1 aromatic heterocycles. The van der Waals surface area contributed by atoms with Crippen LogP contribution in [0.25, 0.3) is 21.8 Å². The predicted molar refractivity (Wildman–Crippen MR) is 110 cm³/mol. The second kappa shape index (κ2) is 7.78. The summed E-state index contributed by atoms with van der Waals surface area (Å²) in [5.41, 5.74) is -0.194. The van der Waals surface area contributed by atoms with E-state index in [1.54, 1.807) is 4.57 Å². The first-order chi connectivity index (χ1) is 14.8. The number of aliphatic hydroxyl groups is 1. The average Bonchev–Trinajstić information content (AvgIpc) is 3.07. The standard InChI is InChI=1S/C23H16F3N3O2/c24-23(25,26)18-11-15(10-9-14(18)12-27)28-22(31)21(30)13-29-19-7-3-1-5-16(19)17-6-2-4-8-20(17)29/h1-11,21,30H,13H2,(H,28,31). The summed E-state index contributed by atoms with van der Waals surface area (Å²) < 4.78 is 41.2. The number of amides is 1. The van der Waals surface area contributed by atoms with Gasteiger partial charge in [0.05, 0.1) is 23.7 Å². The van der Waals surface area contributed by atoms with E-state index in [0.717, 1.165) is 27.9 Å². The molecule has 4 aromatic rings. The molecule has 0 fully saturated rings. The highest BCUT2D eigenvalue weighted by atomic mass is 19.4. The number of fused-ring (bicyclic) bond motifs is 3. The molecule has 0 aliphatic heterocycles. The highest BCUT2D eigenvalue weighted by Gasteiger charge is 2.34. The van der Waals surface area contributed by atoms with Crippen LogP contribution in [0, 0.1) is 11.3 Å². The van der Waals surface area contributed by atoms with E-state index in [1.165, 1.54) is 12.1 Å². The molecule has 0 saturated heterocycles. The molecule has 0 radical (unpaired) electrons. The lowest BCUT2D eigenvalue weighted by molar-refractivity contribution is -0.137. The van der Waals surface area contributed by atoms with Crippen LogP contribution in [-0.4, -0.2) is 21.7 Å². The first-order valence-corrected chi connectivity index (χ1v) is 9.36. The third kappa shape index (κ3) is 3.83. The first-order valence-electron chi connectivity index (χ1n) is 9.36. The van der Waals surface area contributed by atoms with Crippen LogP contribution in [0.4, 0.5) is 18.9 Å². The van der Waals surface area contributed by atoms with Crippen molar-refractivity contribution < 1.29 is 23.1 Å². The maximum Gasteiger partial charge on any atom is 0.417 e. The van der Waals surface area contributed by atoms with Crippen molar-refractivity contribution in [1.29, 1.82) is 5.26 Å². The second-order valence-corrected chi connectivity index (χ2v) is 7.02. The number of carbonyl (C=O) groups is 1. The summed E-state index contributed by atoms with van der Waals surface area (Å²) in [6.45, 7) is -0.0811. The number of hydrogen-bond acceptors (Lipinski definition) is 3. The number of nitrogens with zero attached hydrogens (tertiary/aromatic N) is 2. The Labute approximate surface area is 174 Å². The topological polar surface area (TPSA) is 78.1 Å². The van der Waals surface area contributed by atoms with Gasteiger partial charge >= 0.3 is 6.18 Å². The molecule has 0 aliphatic rings. The molecular formula is C23H16F3N3O2. The minimum Gasteiger partial charge on any atom is -0.381 e. The Balaban J connectivity index is 1.61. The quantitative estimate of drug-likeness (QED) is 0.500. The Morgan fingerprint density at radius 3 is 2.16 bits per heavy atom. The van der Waals surface area contributed by atoms with Gasteiger partial charge in [-0.05, 0) is 30.3 Å². The number of alkyl halides is 3. The fourth-order valence-corrected chi connectivity index (χ4v) is 3.64. The number of carbonyl (C=O) groups excluding carboxylic acids is 1. The van der Waals surface area contributed by atoms with Gasteiger partial charge in [-0.25, -0.2) is 0 Å². The van der Waals surface area contributed by atoms with Gasteiger partial charge in [-0.2, -0.15) is 18.4 Å². The number of nitriles is 1. The van der Waals surface area contributed by atoms with Gasteiger partial charge in [-0.15, -0.1) is 0 Å². The van der Waals surface area contributed by atoms with E-state index >= 15 is 0 Å². The molecule has 0 saturated carbocycles. The summed E-state index contributed by atoms with van der Waals surface area (Å²) in [7, 11) is 0. The smallest absolute Gasteiger partial charge is 0.381 e. The summed E-state index contributed by atoms with van der Waals surface area (Å²) in [6.07, 6.45) is -6.25. The summed E-state index contributed by atoms with van der Waals surface area (Å²) in [4.78, 5) is 12.5. The molecule has 0 aliphatic carbocycles. The molecule has 1 unspecified atom stereocenters. The van der Waals surface area contributed by atoms with Crippen LogP contribution in [0.3, 0.4) is 0 Å². The molecule has 156 valence electrons. The van der Waals surface area contributed by atoms with E-state index in [9.17, 15) is 23.1 Å². The Morgan fingerprint density at radius 2 is 1.61 bits per heavy atom. The summed E-state index contributed by atoms with van der Waals surface area (Å²) >= 11 is 0. The van der Waals surface area contributed by atoms with Crippen LogP contribution < -0.4 is 5.32 Å². The van der Waals surface area contributed by atoms with E-state index in [4.69, 9.17) is 5.26 Å². The van der Waals surface area contributed by atoms with Crippen molar-refractivity contribution in [2.24, 2.45) is 0 Å². The molecule has 5 nitrogen and oxygen atoms in total. The zero-order valence-corrected chi connectivity index (χ0v) is 16.0. The molecule has 0 spiro atoms. The summed E-state index contributed by atoms with van der Waals surface area (Å²) in [5, 5.41) is 23.6. The SMILES string of the molecule is N#Cc1ccc(NC(=O)C(O)Cn2c3ccccc3c3ccccc32)cc1C(F)(F)F. The van der Waals surface area contributed by atoms with E-state index in [-0.39, 0.29) is 12.2 Å². The molecule has 31 heavy (non-hydrogen) atoms. The number of para-hydroxylation sites is 2. The average molecular weight is 423 g/mol. The fourth-order valence-electron chi connectivity index (χ4n) is 3.64. The molecule has 4 rings (SSSR count). The van der Waals surface area contributed by atoms with Crippen LogP contribution >= 0.6 is 0 Å². The van der Waals surface area contributed by atoms with E-state index in [0.29, 0.717) is 6.07 Å². The van der Waals surface area contributed by atoms with Gasteiger partial charge in [-0.1, -0.05) is 36.4 Å². The molecule has 3 aromatic carbocycles. The molecule has 2 N–H and O–H groups in total. The van der Waals surface area contributed by atoms with Crippen LogP contribution in [0.5, 0.6) is 0 Å². The molecule has 1 amide bonds. The lowest BCUT2D eigenvalue weighted by Crippen LogP contribution is -2.31. The van der Waals surface area contributed by atoms with Crippen molar-refractivity contribution in [2.75, 3.05) is 5.32 Å². The van der Waals surface area contributed by atoms with Gasteiger partial charge in [0.1, 0.15) is 0 Å². The van der Waals surface area contributed by atoms with Crippen molar-refractivity contribution >= 4 is 33.4 Å². The first kappa shape index (κ1) is 20.4. The molecule has 1 atom stereocenters. The normalized spacial score (nSPS) is 12.6. The van der Waals surface area contributed by atoms with Gasteiger partial charge in [0.2, 0.25) is 0 Å². The number of benzene rings is 3. The van der Waals surface area contributed by atoms with Gasteiger partial charge in [0.15, 0.2) is 6.10 Å². The number of aliphatic hydroxyl groups excluding tert-OH is 1. The number of aromatic nitrogens is 1. The van der Waals surface area contributed by atoms with Crippen molar-refractivity contribution in [1.82, 2.24) is 4.57 Å². The van der Waals surface area contributed by atoms with Crippen LogP contribution in [0.1, 0.15) is 11.1 Å². The number of hydrogen-bond donors (Lipinski definition) is 2. The Hall–Kier alpha value is -3.83. The van der Waals surface area contributed by atoms with Crippen molar-refractivity contribution in [3.8, 4) is 6.07 Å². The van der Waals surface area contributed by atoms with Crippen molar-refractivity contribution in [3.63, 3.8) is 0 Å². The Bertz CT molecular complexity index is 1280. The zero-order chi connectivity index (χ0) is 22.2. The van der Waals surface area contributed by atoms with Gasteiger partial charge in [0.25, 0.3) is 5.91 Å². The zero-order valence-electron chi connectivity index (χ0n) is 16.0. The summed E-state index contributed by atoms with van der Waals surface area (Å²) in [5.74, 6) is -0.848. The molecule has 0 bridgehead atoms. The van der Waals surface area contributed by atoms with Crippen LogP contribution in [-0.2, 0) is 17.5 Å². The van der Waals surface area contributed by atoms with Crippen LogP contribution in [0.15, 0.2) is 66.7 Å². The van der Waals surface area contributed by atoms with Gasteiger partial charge in [-0.3, -0.25) is 4.79 Å². The van der Waals surface area contributed by atoms with Crippen molar-refractivity contribution in [3.05, 3.63) is 77.9 Å². The van der Waals surface area contributed by atoms with E-state index < -0.39 is 29.3 Å². The Morgan fingerprint density at radius 1 is 1.03 bits per heavy atom. The third-order valence-corrected chi connectivity index (χ3v) is 5.05. The predicted octanol–water partition coefficient (Wildman–Crippen LogP) is 4.68. The largest absolute Gasteiger partial charge is 0.417 e. The van der Waals surface area contributed by atoms with Gasteiger partial charge in [0, 0.05) is 27.5 Å². The Kier molecular flexibility index (Phi) is 5.13. The molecule has 1 heterocycles. The minimum atomic E-state index is -4.74. The van der Waals surface area contributed by atoms with E-state index in [1.807, 2.05) is 48.5 Å². The lowest BCUT2D eigenvalue weighted by atomic mass is 10.1. The highest BCUT2D eigenvalue weighted by Crippen LogP contribution is 2.34. The third-order valence-electron chi connectivity index (χ3n) is 5.05. The van der Waals surface area contributed by atoms with Gasteiger partial charge < -0.3 is 15.0 Å². The second-order valence-electron chi connectivity index (χ2n) is 7.02. The summed E-state index contributed by atoms with van der Waals surface area (Å²) in [6, 6.07) is 19.5. The van der Waals surface area contributed by atoms with E-state index in [2.05, 4.69) is 5.32 Å².